The van der Waals surface area contributed by atoms with Gasteiger partial charge in [0, 0.05) is 16.9 Å². The van der Waals surface area contributed by atoms with Crippen LogP contribution in [0.15, 0.2) is 72.8 Å². The van der Waals surface area contributed by atoms with Crippen molar-refractivity contribution >= 4 is 23.2 Å². The van der Waals surface area contributed by atoms with Crippen molar-refractivity contribution in [1.29, 1.82) is 0 Å². The molecule has 0 radical (unpaired) electrons. The van der Waals surface area contributed by atoms with Crippen LogP contribution in [0.25, 0.3) is 0 Å². The van der Waals surface area contributed by atoms with Crippen molar-refractivity contribution in [2.24, 2.45) is 0 Å². The number of ether oxygens (including phenoxy) is 1. The first-order valence-corrected chi connectivity index (χ1v) is 11.7. The number of hydrogen-bond donors (Lipinski definition) is 2. The van der Waals surface area contributed by atoms with Crippen molar-refractivity contribution in [2.75, 3.05) is 17.2 Å². The van der Waals surface area contributed by atoms with Gasteiger partial charge in [-0.1, -0.05) is 58.9 Å². The standard InChI is InChI=1S/C29H34N2O3/c1-6-20(2)21-9-17-26(18-10-21)34-19-27(32)30-24-13-15-25(16-14-24)31-28(33)22-7-11-23(12-8-22)29(3,4)5/h7-18,20H,6,19H2,1-5H3,(H,30,32)(H,31,33). The first-order chi connectivity index (χ1) is 16.2. The van der Waals surface area contributed by atoms with Crippen LogP contribution in [0, 0.1) is 0 Å². The summed E-state index contributed by atoms with van der Waals surface area (Å²) in [6.45, 7) is 10.7. The molecule has 0 aliphatic heterocycles. The highest BCUT2D eigenvalue weighted by molar-refractivity contribution is 6.04. The highest BCUT2D eigenvalue weighted by Crippen LogP contribution is 2.23. The number of anilines is 2. The zero-order valence-electron chi connectivity index (χ0n) is 20.6. The number of amides is 2. The summed E-state index contributed by atoms with van der Waals surface area (Å²) in [6.07, 6.45) is 1.08. The van der Waals surface area contributed by atoms with Crippen molar-refractivity contribution in [3.63, 3.8) is 0 Å². The van der Waals surface area contributed by atoms with E-state index in [1.165, 1.54) is 11.1 Å². The maximum absolute atomic E-state index is 12.5. The summed E-state index contributed by atoms with van der Waals surface area (Å²) in [5.74, 6) is 0.738. The molecule has 0 aliphatic carbocycles. The minimum atomic E-state index is -0.248. The maximum atomic E-state index is 12.5. The highest BCUT2D eigenvalue weighted by Gasteiger charge is 2.14. The lowest BCUT2D eigenvalue weighted by molar-refractivity contribution is -0.118. The van der Waals surface area contributed by atoms with E-state index in [1.54, 1.807) is 24.3 Å². The lowest BCUT2D eigenvalue weighted by Gasteiger charge is -2.19. The van der Waals surface area contributed by atoms with E-state index in [-0.39, 0.29) is 23.8 Å². The second kappa shape index (κ2) is 11.0. The predicted octanol–water partition coefficient (Wildman–Crippen LogP) is 6.77. The average molecular weight is 459 g/mol. The predicted molar refractivity (Wildman–Crippen MR) is 139 cm³/mol. The van der Waals surface area contributed by atoms with E-state index in [4.69, 9.17) is 4.74 Å². The van der Waals surface area contributed by atoms with Crippen LogP contribution in [0.5, 0.6) is 5.75 Å². The van der Waals surface area contributed by atoms with Gasteiger partial charge in [-0.05, 0) is 77.4 Å². The molecule has 0 saturated carbocycles. The zero-order chi connectivity index (χ0) is 24.7. The molecule has 3 aromatic rings. The minimum absolute atomic E-state index is 0.0400. The molecule has 2 amide bonds. The molecule has 0 heterocycles. The highest BCUT2D eigenvalue weighted by atomic mass is 16.5. The molecule has 0 bridgehead atoms. The molecule has 34 heavy (non-hydrogen) atoms. The van der Waals surface area contributed by atoms with Crippen LogP contribution in [-0.2, 0) is 10.2 Å². The van der Waals surface area contributed by atoms with Gasteiger partial charge in [-0.3, -0.25) is 9.59 Å². The molecule has 0 fully saturated rings. The van der Waals surface area contributed by atoms with Gasteiger partial charge in [0.25, 0.3) is 11.8 Å². The molecule has 5 nitrogen and oxygen atoms in total. The van der Waals surface area contributed by atoms with Crippen LogP contribution in [-0.4, -0.2) is 18.4 Å². The smallest absolute Gasteiger partial charge is 0.262 e. The Morgan fingerprint density at radius 1 is 0.824 bits per heavy atom. The topological polar surface area (TPSA) is 67.4 Å². The van der Waals surface area contributed by atoms with Gasteiger partial charge in [-0.2, -0.15) is 0 Å². The number of carbonyl (C=O) groups is 2. The second-order valence-electron chi connectivity index (χ2n) is 9.57. The molecule has 0 aromatic heterocycles. The Labute approximate surface area is 202 Å². The van der Waals surface area contributed by atoms with Crippen molar-refractivity contribution < 1.29 is 14.3 Å². The molecule has 0 aliphatic rings. The summed E-state index contributed by atoms with van der Waals surface area (Å²) in [6, 6.07) is 22.5. The number of hydrogen-bond acceptors (Lipinski definition) is 3. The molecule has 1 atom stereocenters. The van der Waals surface area contributed by atoms with E-state index in [2.05, 4.69) is 45.3 Å². The van der Waals surface area contributed by atoms with Crippen molar-refractivity contribution in [2.45, 2.75) is 52.4 Å². The van der Waals surface area contributed by atoms with E-state index in [9.17, 15) is 9.59 Å². The molecule has 2 N–H and O–H groups in total. The monoisotopic (exact) mass is 458 g/mol. The van der Waals surface area contributed by atoms with E-state index in [0.29, 0.717) is 28.6 Å². The first-order valence-electron chi connectivity index (χ1n) is 11.7. The van der Waals surface area contributed by atoms with Gasteiger partial charge < -0.3 is 15.4 Å². The third-order valence-corrected chi connectivity index (χ3v) is 5.87. The molecule has 3 rings (SSSR count). The Kier molecular flexibility index (Phi) is 8.11. The van der Waals surface area contributed by atoms with Gasteiger partial charge in [0.2, 0.25) is 0 Å². The largest absolute Gasteiger partial charge is 0.484 e. The van der Waals surface area contributed by atoms with E-state index in [1.807, 2.05) is 48.5 Å². The van der Waals surface area contributed by atoms with Crippen molar-refractivity contribution in [1.82, 2.24) is 0 Å². The molecule has 0 saturated heterocycles. The number of carbonyl (C=O) groups excluding carboxylic acids is 2. The Morgan fingerprint density at radius 2 is 1.38 bits per heavy atom. The van der Waals surface area contributed by atoms with Gasteiger partial charge in [-0.25, -0.2) is 0 Å². The van der Waals surface area contributed by atoms with Crippen LogP contribution in [0.4, 0.5) is 11.4 Å². The fraction of sp³-hybridized carbons (Fsp3) is 0.310. The fourth-order valence-corrected chi connectivity index (χ4v) is 3.44. The lowest BCUT2D eigenvalue weighted by Crippen LogP contribution is -2.20. The summed E-state index contributed by atoms with van der Waals surface area (Å²) in [5.41, 5.74) is 4.36. The molecule has 178 valence electrons. The van der Waals surface area contributed by atoms with Gasteiger partial charge in [0.15, 0.2) is 6.61 Å². The maximum Gasteiger partial charge on any atom is 0.262 e. The van der Waals surface area contributed by atoms with Crippen LogP contribution in [0.2, 0.25) is 0 Å². The molecule has 5 heteroatoms. The van der Waals surface area contributed by atoms with Gasteiger partial charge >= 0.3 is 0 Å². The van der Waals surface area contributed by atoms with Crippen LogP contribution >= 0.6 is 0 Å². The summed E-state index contributed by atoms with van der Waals surface area (Å²) >= 11 is 0. The van der Waals surface area contributed by atoms with E-state index in [0.717, 1.165) is 6.42 Å². The van der Waals surface area contributed by atoms with Gasteiger partial charge in [0.1, 0.15) is 5.75 Å². The van der Waals surface area contributed by atoms with Gasteiger partial charge in [0.05, 0.1) is 0 Å². The summed E-state index contributed by atoms with van der Waals surface area (Å²) < 4.78 is 5.59. The number of nitrogens with one attached hydrogen (secondary N) is 2. The van der Waals surface area contributed by atoms with Crippen LogP contribution < -0.4 is 15.4 Å². The second-order valence-corrected chi connectivity index (χ2v) is 9.57. The fourth-order valence-electron chi connectivity index (χ4n) is 3.44. The molecule has 0 spiro atoms. The number of rotatable bonds is 8. The molecule has 1 unspecified atom stereocenters. The SMILES string of the molecule is CCC(C)c1ccc(OCC(=O)Nc2ccc(NC(=O)c3ccc(C(C)(C)C)cc3)cc2)cc1. The summed E-state index contributed by atoms with van der Waals surface area (Å²) in [5, 5.41) is 5.69. The third kappa shape index (κ3) is 6.95. The Bertz CT molecular complexity index is 1100. The summed E-state index contributed by atoms with van der Waals surface area (Å²) in [7, 11) is 0. The Morgan fingerprint density at radius 3 is 1.91 bits per heavy atom. The summed E-state index contributed by atoms with van der Waals surface area (Å²) in [4.78, 5) is 24.8. The van der Waals surface area contributed by atoms with Crippen molar-refractivity contribution in [3.8, 4) is 5.75 Å². The van der Waals surface area contributed by atoms with Crippen molar-refractivity contribution in [3.05, 3.63) is 89.5 Å². The Hall–Kier alpha value is -3.60. The quantitative estimate of drug-likeness (QED) is 0.391. The minimum Gasteiger partial charge on any atom is -0.484 e. The first kappa shape index (κ1) is 25.0. The normalized spacial score (nSPS) is 12.0. The average Bonchev–Trinajstić information content (AvgIpc) is 2.83. The van der Waals surface area contributed by atoms with Gasteiger partial charge in [-0.15, -0.1) is 0 Å². The number of benzene rings is 3. The molecular weight excluding hydrogens is 424 g/mol. The zero-order valence-corrected chi connectivity index (χ0v) is 20.6. The molecular formula is C29H34N2O3. The molecule has 3 aromatic carbocycles. The van der Waals surface area contributed by atoms with Crippen LogP contribution in [0.1, 0.15) is 68.4 Å². The lowest BCUT2D eigenvalue weighted by atomic mass is 9.87. The van der Waals surface area contributed by atoms with E-state index < -0.39 is 0 Å². The third-order valence-electron chi connectivity index (χ3n) is 5.87. The van der Waals surface area contributed by atoms with Crippen LogP contribution in [0.3, 0.4) is 0 Å². The Balaban J connectivity index is 1.49. The van der Waals surface area contributed by atoms with E-state index >= 15 is 0 Å².